The minimum atomic E-state index is -0.957. The first-order chi connectivity index (χ1) is 11.2. The van der Waals surface area contributed by atoms with E-state index in [9.17, 15) is 9.59 Å². The van der Waals surface area contributed by atoms with E-state index < -0.39 is 24.1 Å². The summed E-state index contributed by atoms with van der Waals surface area (Å²) in [7, 11) is 0. The van der Waals surface area contributed by atoms with Crippen LogP contribution in [0.4, 0.5) is 0 Å². The number of hydrogen-bond donors (Lipinski definition) is 0. The molecular weight excluding hydrogens is 312 g/mol. The van der Waals surface area contributed by atoms with Crippen molar-refractivity contribution >= 4 is 23.7 Å². The van der Waals surface area contributed by atoms with Crippen LogP contribution in [0.5, 0.6) is 0 Å². The molecule has 2 atom stereocenters. The zero-order valence-corrected chi connectivity index (χ0v) is 13.2. The second-order valence-electron chi connectivity index (χ2n) is 5.10. The Kier molecular flexibility index (Phi) is 4.98. The smallest absolute Gasteiger partial charge is 0.353 e. The van der Waals surface area contributed by atoms with E-state index in [-0.39, 0.29) is 0 Å². The van der Waals surface area contributed by atoms with Gasteiger partial charge in [0.15, 0.2) is 6.10 Å². The SMILES string of the molecule is O=C1O[C@H](CCSc2ccccc2)C(=O)O[C@H]1c1ccccc1. The summed E-state index contributed by atoms with van der Waals surface area (Å²) in [6, 6.07) is 18.8. The number of ether oxygens (including phenoxy) is 2. The molecule has 0 N–H and O–H groups in total. The molecule has 0 spiro atoms. The highest BCUT2D eigenvalue weighted by Gasteiger charge is 2.38. The van der Waals surface area contributed by atoms with Gasteiger partial charge in [0.05, 0.1) is 0 Å². The number of hydrogen-bond acceptors (Lipinski definition) is 5. The van der Waals surface area contributed by atoms with Gasteiger partial charge < -0.3 is 9.47 Å². The molecule has 0 aromatic heterocycles. The highest BCUT2D eigenvalue weighted by Crippen LogP contribution is 2.27. The van der Waals surface area contributed by atoms with Crippen LogP contribution in [0.2, 0.25) is 0 Å². The Hall–Kier alpha value is -2.27. The van der Waals surface area contributed by atoms with Crippen molar-refractivity contribution in [2.24, 2.45) is 0 Å². The summed E-state index contributed by atoms with van der Waals surface area (Å²) in [4.78, 5) is 25.3. The molecule has 2 aromatic rings. The standard InChI is InChI=1S/C18H16O4S/c19-17-15(11-12-23-14-9-5-2-6-10-14)21-18(20)16(22-17)13-7-3-1-4-8-13/h1-10,15-16H,11-12H2/t15-,16+/m1/s1. The fourth-order valence-corrected chi connectivity index (χ4v) is 3.22. The van der Waals surface area contributed by atoms with Gasteiger partial charge in [-0.2, -0.15) is 0 Å². The van der Waals surface area contributed by atoms with Gasteiger partial charge in [-0.15, -0.1) is 11.8 Å². The Morgan fingerprint density at radius 1 is 0.826 bits per heavy atom. The first-order valence-corrected chi connectivity index (χ1v) is 8.36. The van der Waals surface area contributed by atoms with Gasteiger partial charge >= 0.3 is 11.9 Å². The van der Waals surface area contributed by atoms with Crippen molar-refractivity contribution in [1.82, 2.24) is 0 Å². The first kappa shape index (κ1) is 15.6. The predicted molar refractivity (Wildman–Crippen MR) is 86.9 cm³/mol. The van der Waals surface area contributed by atoms with E-state index in [1.165, 1.54) is 0 Å². The molecule has 1 fully saturated rings. The zero-order valence-electron chi connectivity index (χ0n) is 12.4. The third-order valence-corrected chi connectivity index (χ3v) is 4.51. The van der Waals surface area contributed by atoms with Crippen LogP contribution < -0.4 is 0 Å². The minimum Gasteiger partial charge on any atom is -0.447 e. The topological polar surface area (TPSA) is 52.6 Å². The molecule has 1 heterocycles. The molecule has 0 radical (unpaired) electrons. The van der Waals surface area contributed by atoms with Crippen LogP contribution in [0, 0.1) is 0 Å². The normalized spacial score (nSPS) is 20.7. The van der Waals surface area contributed by atoms with Crippen molar-refractivity contribution in [3.63, 3.8) is 0 Å². The van der Waals surface area contributed by atoms with E-state index in [1.807, 2.05) is 36.4 Å². The van der Waals surface area contributed by atoms with E-state index in [0.717, 1.165) is 4.90 Å². The molecule has 3 rings (SSSR count). The molecule has 2 aromatic carbocycles. The predicted octanol–water partition coefficient (Wildman–Crippen LogP) is 3.38. The molecule has 4 nitrogen and oxygen atoms in total. The Bertz CT molecular complexity index is 672. The zero-order chi connectivity index (χ0) is 16.1. The highest BCUT2D eigenvalue weighted by atomic mass is 32.2. The third-order valence-electron chi connectivity index (χ3n) is 3.46. The van der Waals surface area contributed by atoms with Crippen molar-refractivity contribution in [3.05, 3.63) is 66.2 Å². The Labute approximate surface area is 138 Å². The molecule has 0 amide bonds. The molecule has 1 aliphatic rings. The van der Waals surface area contributed by atoms with E-state index in [1.54, 1.807) is 36.0 Å². The average Bonchev–Trinajstić information content (AvgIpc) is 2.59. The lowest BCUT2D eigenvalue weighted by molar-refractivity contribution is -0.195. The van der Waals surface area contributed by atoms with Crippen molar-refractivity contribution in [1.29, 1.82) is 0 Å². The van der Waals surface area contributed by atoms with Gasteiger partial charge in [0.1, 0.15) is 0 Å². The van der Waals surface area contributed by atoms with E-state index in [2.05, 4.69) is 0 Å². The van der Waals surface area contributed by atoms with E-state index >= 15 is 0 Å². The monoisotopic (exact) mass is 328 g/mol. The van der Waals surface area contributed by atoms with Crippen LogP contribution in [0.15, 0.2) is 65.6 Å². The van der Waals surface area contributed by atoms with Gasteiger partial charge in [-0.05, 0) is 12.1 Å². The molecule has 118 valence electrons. The van der Waals surface area contributed by atoms with Crippen molar-refractivity contribution < 1.29 is 19.1 Å². The van der Waals surface area contributed by atoms with Crippen molar-refractivity contribution in [3.8, 4) is 0 Å². The van der Waals surface area contributed by atoms with Gasteiger partial charge in [0.25, 0.3) is 0 Å². The van der Waals surface area contributed by atoms with Gasteiger partial charge in [0.2, 0.25) is 6.10 Å². The summed E-state index contributed by atoms with van der Waals surface area (Å²) in [5.74, 6) is -0.315. The number of esters is 2. The van der Waals surface area contributed by atoms with E-state index in [0.29, 0.717) is 17.7 Å². The number of rotatable bonds is 5. The molecule has 1 aliphatic heterocycles. The van der Waals surface area contributed by atoms with Crippen LogP contribution in [-0.4, -0.2) is 23.8 Å². The molecule has 0 aliphatic carbocycles. The van der Waals surface area contributed by atoms with Crippen LogP contribution in [0.3, 0.4) is 0 Å². The molecule has 0 bridgehead atoms. The quantitative estimate of drug-likeness (QED) is 0.622. The Morgan fingerprint density at radius 3 is 2.17 bits per heavy atom. The maximum absolute atomic E-state index is 12.1. The minimum absolute atomic E-state index is 0.436. The summed E-state index contributed by atoms with van der Waals surface area (Å²) in [6.45, 7) is 0. The molecule has 23 heavy (non-hydrogen) atoms. The average molecular weight is 328 g/mol. The van der Waals surface area contributed by atoms with Gasteiger partial charge in [0, 0.05) is 22.6 Å². The van der Waals surface area contributed by atoms with Crippen molar-refractivity contribution in [2.75, 3.05) is 5.75 Å². The van der Waals surface area contributed by atoms with Crippen molar-refractivity contribution in [2.45, 2.75) is 23.5 Å². The highest BCUT2D eigenvalue weighted by molar-refractivity contribution is 7.99. The molecular formula is C18H16O4S. The summed E-state index contributed by atoms with van der Waals surface area (Å²) in [6.07, 6.45) is -1.34. The Morgan fingerprint density at radius 2 is 1.48 bits per heavy atom. The second-order valence-corrected chi connectivity index (χ2v) is 6.27. The number of cyclic esters (lactones) is 2. The first-order valence-electron chi connectivity index (χ1n) is 7.38. The van der Waals surface area contributed by atoms with Gasteiger partial charge in [-0.1, -0.05) is 48.5 Å². The van der Waals surface area contributed by atoms with Crippen LogP contribution in [0.25, 0.3) is 0 Å². The molecule has 0 saturated carbocycles. The fraction of sp³-hybridized carbons (Fsp3) is 0.222. The lowest BCUT2D eigenvalue weighted by Gasteiger charge is -2.27. The van der Waals surface area contributed by atoms with E-state index in [4.69, 9.17) is 9.47 Å². The number of carbonyl (C=O) groups is 2. The number of carbonyl (C=O) groups excluding carboxylic acids is 2. The lowest BCUT2D eigenvalue weighted by atomic mass is 10.1. The summed E-state index contributed by atoms with van der Waals surface area (Å²) < 4.78 is 10.6. The third kappa shape index (κ3) is 3.93. The number of benzene rings is 2. The molecule has 1 saturated heterocycles. The fourth-order valence-electron chi connectivity index (χ4n) is 2.30. The maximum Gasteiger partial charge on any atom is 0.353 e. The van der Waals surface area contributed by atoms with Crippen LogP contribution in [0.1, 0.15) is 18.1 Å². The summed E-state index contributed by atoms with van der Waals surface area (Å²) in [5.41, 5.74) is 0.628. The lowest BCUT2D eigenvalue weighted by Crippen LogP contribution is -2.40. The molecule has 0 unspecified atom stereocenters. The second kappa shape index (κ2) is 7.33. The largest absolute Gasteiger partial charge is 0.447 e. The Balaban J connectivity index is 1.55. The number of thioether (sulfide) groups is 1. The molecule has 5 heteroatoms. The van der Waals surface area contributed by atoms with Gasteiger partial charge in [-0.25, -0.2) is 9.59 Å². The summed E-state index contributed by atoms with van der Waals surface area (Å²) >= 11 is 1.62. The summed E-state index contributed by atoms with van der Waals surface area (Å²) in [5, 5.41) is 0. The van der Waals surface area contributed by atoms with Crippen LogP contribution in [-0.2, 0) is 19.1 Å². The van der Waals surface area contributed by atoms with Crippen LogP contribution >= 0.6 is 11.8 Å². The maximum atomic E-state index is 12.1. The van der Waals surface area contributed by atoms with Gasteiger partial charge in [-0.3, -0.25) is 0 Å².